The first-order valence-corrected chi connectivity index (χ1v) is 18.0. The van der Waals surface area contributed by atoms with Crippen molar-refractivity contribution in [3.63, 3.8) is 0 Å². The van der Waals surface area contributed by atoms with E-state index in [2.05, 4.69) is 96.5 Å². The number of amides is 1. The Kier molecular flexibility index (Phi) is 7.12. The monoisotopic (exact) mass is 733 g/mol. The molecule has 0 saturated carbocycles. The minimum Gasteiger partial charge on any atom is -0.497 e. The summed E-state index contributed by atoms with van der Waals surface area (Å²) in [5.74, 6) is 1.52. The van der Waals surface area contributed by atoms with Crippen LogP contribution in [0.15, 0.2) is 120 Å². The highest BCUT2D eigenvalue weighted by atomic mass is 79.9. The molecule has 2 atom stereocenters. The molecular formula is C45H36BrNO4. The van der Waals surface area contributed by atoms with Crippen molar-refractivity contribution < 1.29 is 19.4 Å². The van der Waals surface area contributed by atoms with E-state index in [1.807, 2.05) is 61.5 Å². The molecule has 0 bridgehead atoms. The van der Waals surface area contributed by atoms with Crippen molar-refractivity contribution in [2.24, 2.45) is 0 Å². The highest BCUT2D eigenvalue weighted by molar-refractivity contribution is 9.10. The van der Waals surface area contributed by atoms with Crippen LogP contribution in [0.5, 0.6) is 11.5 Å². The highest BCUT2D eigenvalue weighted by Gasteiger charge is 2.49. The molecule has 0 aromatic heterocycles. The summed E-state index contributed by atoms with van der Waals surface area (Å²) in [7, 11) is 1.68. The number of aryl methyl sites for hydroxylation is 1. The quantitative estimate of drug-likeness (QED) is 0.192. The summed E-state index contributed by atoms with van der Waals surface area (Å²) >= 11 is 3.53. The third-order valence-corrected chi connectivity index (χ3v) is 11.7. The van der Waals surface area contributed by atoms with E-state index >= 15 is 0 Å². The van der Waals surface area contributed by atoms with E-state index in [1.54, 1.807) is 12.0 Å². The number of hydrogen-bond donors (Lipinski definition) is 1. The van der Waals surface area contributed by atoms with Crippen LogP contribution in [0, 0.1) is 6.92 Å². The normalized spacial score (nSPS) is 19.4. The second-order valence-electron chi connectivity index (χ2n) is 14.2. The molecule has 3 aliphatic rings. The highest BCUT2D eigenvalue weighted by Crippen LogP contribution is 2.61. The van der Waals surface area contributed by atoms with E-state index in [0.29, 0.717) is 5.56 Å². The lowest BCUT2D eigenvalue weighted by atomic mass is 9.76. The van der Waals surface area contributed by atoms with E-state index in [4.69, 9.17) is 9.47 Å². The number of ether oxygens (including phenoxy) is 2. The zero-order valence-corrected chi connectivity index (χ0v) is 30.4. The number of hydrogen-bond acceptors (Lipinski definition) is 4. The van der Waals surface area contributed by atoms with Gasteiger partial charge in [-0.3, -0.25) is 9.69 Å². The molecule has 252 valence electrons. The first-order chi connectivity index (χ1) is 24.7. The zero-order chi connectivity index (χ0) is 35.2. The number of methoxy groups -OCH3 is 1. The van der Waals surface area contributed by atoms with Crippen LogP contribution in [-0.4, -0.2) is 24.7 Å². The molecule has 2 unspecified atom stereocenters. The minimum atomic E-state index is -0.884. The summed E-state index contributed by atoms with van der Waals surface area (Å²) in [6.07, 6.45) is 4.43. The number of nitrogens with zero attached hydrogens (tertiary/aromatic N) is 1. The Labute approximate surface area is 305 Å². The number of aliphatic hydroxyl groups excluding tert-OH is 1. The van der Waals surface area contributed by atoms with Crippen LogP contribution in [0.2, 0.25) is 0 Å². The van der Waals surface area contributed by atoms with Gasteiger partial charge in [0.05, 0.1) is 19.8 Å². The maximum absolute atomic E-state index is 14.4. The lowest BCUT2D eigenvalue weighted by molar-refractivity contribution is 0.0982. The third kappa shape index (κ3) is 4.39. The number of rotatable bonds is 5. The second-order valence-corrected chi connectivity index (χ2v) is 15.1. The van der Waals surface area contributed by atoms with Crippen LogP contribution in [0.25, 0.3) is 28.0 Å². The van der Waals surface area contributed by atoms with Gasteiger partial charge in [0.25, 0.3) is 5.91 Å². The number of benzene rings is 6. The average Bonchev–Trinajstić information content (AvgIpc) is 3.59. The van der Waals surface area contributed by atoms with Gasteiger partial charge in [0.2, 0.25) is 0 Å². The van der Waals surface area contributed by atoms with Crippen LogP contribution in [-0.2, 0) is 11.0 Å². The second kappa shape index (κ2) is 11.4. The summed E-state index contributed by atoms with van der Waals surface area (Å²) < 4.78 is 13.9. The Morgan fingerprint density at radius 2 is 1.51 bits per heavy atom. The molecule has 6 aromatic carbocycles. The molecule has 2 heterocycles. The minimum absolute atomic E-state index is 0.0874. The van der Waals surface area contributed by atoms with Gasteiger partial charge in [-0.1, -0.05) is 109 Å². The Morgan fingerprint density at radius 3 is 2.20 bits per heavy atom. The molecule has 0 saturated heterocycles. The van der Waals surface area contributed by atoms with Crippen molar-refractivity contribution in [3.8, 4) is 22.6 Å². The standard InChI is InChI=1S/C45H36BrNO4/c1-26-24-35-39(40-36(25-48)47(43(49)37(26)40)30-18-16-29(46)17-19-30)38-32-12-8-9-13-33(32)42-34(41(38)44(35,2)3)22-23-45(51-42,27-10-6-5-7-11-27)28-14-20-31(50-4)21-15-28/h5-24,36,48H,25H2,1-4H3. The molecule has 51 heavy (non-hydrogen) atoms. The number of anilines is 1. The van der Waals surface area contributed by atoms with Gasteiger partial charge in [0, 0.05) is 43.2 Å². The Morgan fingerprint density at radius 1 is 0.843 bits per heavy atom. The lowest BCUT2D eigenvalue weighted by Gasteiger charge is -2.38. The topological polar surface area (TPSA) is 59.0 Å². The van der Waals surface area contributed by atoms with Gasteiger partial charge in [-0.15, -0.1) is 0 Å². The zero-order valence-electron chi connectivity index (χ0n) is 28.8. The molecule has 2 aliphatic heterocycles. The van der Waals surface area contributed by atoms with Crippen molar-refractivity contribution in [2.45, 2.75) is 37.8 Å². The van der Waals surface area contributed by atoms with Crippen LogP contribution < -0.4 is 14.4 Å². The number of carbonyl (C=O) groups is 1. The van der Waals surface area contributed by atoms with Crippen molar-refractivity contribution in [1.82, 2.24) is 0 Å². The average molecular weight is 735 g/mol. The molecule has 9 rings (SSSR count). The maximum atomic E-state index is 14.4. The molecule has 0 radical (unpaired) electrons. The van der Waals surface area contributed by atoms with E-state index in [9.17, 15) is 9.90 Å². The molecule has 0 fully saturated rings. The van der Waals surface area contributed by atoms with Gasteiger partial charge < -0.3 is 14.6 Å². The van der Waals surface area contributed by atoms with Gasteiger partial charge in [-0.05, 0) is 88.2 Å². The van der Waals surface area contributed by atoms with Crippen LogP contribution >= 0.6 is 15.9 Å². The van der Waals surface area contributed by atoms with E-state index in [1.165, 1.54) is 0 Å². The van der Waals surface area contributed by atoms with Gasteiger partial charge >= 0.3 is 0 Å². The van der Waals surface area contributed by atoms with Gasteiger partial charge in [-0.2, -0.15) is 0 Å². The van der Waals surface area contributed by atoms with Crippen molar-refractivity contribution in [1.29, 1.82) is 0 Å². The summed E-state index contributed by atoms with van der Waals surface area (Å²) in [5.41, 5.74) is 9.45. The van der Waals surface area contributed by atoms with E-state index in [0.717, 1.165) is 82.5 Å². The van der Waals surface area contributed by atoms with Gasteiger partial charge in [0.15, 0.2) is 5.60 Å². The van der Waals surface area contributed by atoms with Crippen molar-refractivity contribution in [3.05, 3.63) is 164 Å². The first-order valence-electron chi connectivity index (χ1n) is 17.3. The van der Waals surface area contributed by atoms with Crippen molar-refractivity contribution in [2.75, 3.05) is 18.6 Å². The summed E-state index contributed by atoms with van der Waals surface area (Å²) in [5, 5.41) is 13.1. The smallest absolute Gasteiger partial charge is 0.259 e. The Bertz CT molecular complexity index is 2430. The fourth-order valence-corrected chi connectivity index (χ4v) is 9.09. The SMILES string of the molecule is COc1ccc(C2(c3ccccc3)C=Cc3c4c(c5ccccc5c3O2)-c2c(cc(C)c3c2C(CO)N(c2ccc(Br)cc2)C3=O)C4(C)C)cc1. The lowest BCUT2D eigenvalue weighted by Crippen LogP contribution is -2.35. The van der Waals surface area contributed by atoms with Crippen molar-refractivity contribution >= 4 is 44.4 Å². The number of fused-ring (bicyclic) bond motifs is 10. The summed E-state index contributed by atoms with van der Waals surface area (Å²) in [4.78, 5) is 16.2. The third-order valence-electron chi connectivity index (χ3n) is 11.1. The summed E-state index contributed by atoms with van der Waals surface area (Å²) in [6.45, 7) is 6.36. The fourth-order valence-electron chi connectivity index (χ4n) is 8.82. The fraction of sp³-hybridized carbons (Fsp3) is 0.178. The predicted octanol–water partition coefficient (Wildman–Crippen LogP) is 10.3. The molecular weight excluding hydrogens is 698 g/mol. The molecule has 6 aromatic rings. The predicted molar refractivity (Wildman–Crippen MR) is 207 cm³/mol. The van der Waals surface area contributed by atoms with Crippen LogP contribution in [0.1, 0.15) is 69.2 Å². The Hall–Kier alpha value is -5.17. The Balaban J connectivity index is 1.32. The molecule has 0 spiro atoms. The molecule has 1 amide bonds. The maximum Gasteiger partial charge on any atom is 0.259 e. The van der Waals surface area contributed by atoms with Gasteiger partial charge in [-0.25, -0.2) is 0 Å². The molecule has 1 N–H and O–H groups in total. The summed E-state index contributed by atoms with van der Waals surface area (Å²) in [6, 6.07) is 36.3. The number of aliphatic hydroxyl groups is 1. The van der Waals surface area contributed by atoms with Gasteiger partial charge in [0.1, 0.15) is 11.5 Å². The van der Waals surface area contributed by atoms with Crippen LogP contribution in [0.3, 0.4) is 0 Å². The largest absolute Gasteiger partial charge is 0.497 e. The molecule has 1 aliphatic carbocycles. The van der Waals surface area contributed by atoms with E-state index < -0.39 is 17.1 Å². The van der Waals surface area contributed by atoms with E-state index in [-0.39, 0.29) is 12.5 Å². The van der Waals surface area contributed by atoms with Crippen LogP contribution in [0.4, 0.5) is 5.69 Å². The number of carbonyl (C=O) groups excluding carboxylic acids is 1. The first kappa shape index (κ1) is 31.8. The molecule has 5 nitrogen and oxygen atoms in total. The number of halogens is 1. The molecule has 6 heteroatoms.